The molecule has 2 aromatic rings. The van der Waals surface area contributed by atoms with Crippen molar-refractivity contribution < 1.29 is 0 Å². The van der Waals surface area contributed by atoms with Crippen molar-refractivity contribution in [2.75, 3.05) is 0 Å². The van der Waals surface area contributed by atoms with E-state index in [-0.39, 0.29) is 5.56 Å². The number of benzene rings is 1. The number of hydrogen-bond acceptors (Lipinski definition) is 2. The van der Waals surface area contributed by atoms with Crippen LogP contribution < -0.4 is 5.56 Å². The summed E-state index contributed by atoms with van der Waals surface area (Å²) in [5.74, 6) is 0. The molecule has 1 aromatic heterocycles. The van der Waals surface area contributed by atoms with Crippen LogP contribution in [0.4, 0.5) is 0 Å². The van der Waals surface area contributed by atoms with Gasteiger partial charge in [0.25, 0.3) is 5.56 Å². The van der Waals surface area contributed by atoms with Gasteiger partial charge in [-0.15, -0.1) is 0 Å². The molecule has 1 aromatic carbocycles. The fourth-order valence-electron chi connectivity index (χ4n) is 1.48. The highest BCUT2D eigenvalue weighted by Crippen LogP contribution is 2.10. The van der Waals surface area contributed by atoms with Gasteiger partial charge in [0.2, 0.25) is 0 Å². The Morgan fingerprint density at radius 2 is 1.67 bits per heavy atom. The van der Waals surface area contributed by atoms with Crippen molar-refractivity contribution in [3.05, 3.63) is 40.3 Å². The van der Waals surface area contributed by atoms with Crippen LogP contribution in [0.2, 0.25) is 0 Å². The van der Waals surface area contributed by atoms with Crippen molar-refractivity contribution in [2.24, 2.45) is 7.05 Å². The number of aryl methyl sites for hydroxylation is 2. The van der Waals surface area contributed by atoms with Crippen molar-refractivity contribution >= 4 is 10.8 Å². The second kappa shape index (κ2) is 4.73. The van der Waals surface area contributed by atoms with Gasteiger partial charge in [0, 0.05) is 12.4 Å². The molecule has 0 saturated carbocycles. The van der Waals surface area contributed by atoms with E-state index in [2.05, 4.69) is 5.10 Å². The molecule has 0 fully saturated rings. The summed E-state index contributed by atoms with van der Waals surface area (Å²) < 4.78 is 1.37. The van der Waals surface area contributed by atoms with Crippen molar-refractivity contribution in [3.63, 3.8) is 0 Å². The highest BCUT2D eigenvalue weighted by Gasteiger charge is 2.02. The molecule has 0 bridgehead atoms. The highest BCUT2D eigenvalue weighted by atomic mass is 16.1. The molecular weight excluding hydrogens is 188 g/mol. The first kappa shape index (κ1) is 11.4. The molecule has 0 saturated heterocycles. The largest absolute Gasteiger partial charge is 0.274 e. The average molecular weight is 204 g/mol. The monoisotopic (exact) mass is 204 g/mol. The molecule has 3 heteroatoms. The molecule has 15 heavy (non-hydrogen) atoms. The van der Waals surface area contributed by atoms with E-state index >= 15 is 0 Å². The maximum absolute atomic E-state index is 11.6. The molecule has 0 radical (unpaired) electrons. The van der Waals surface area contributed by atoms with E-state index < -0.39 is 0 Å². The van der Waals surface area contributed by atoms with Gasteiger partial charge in [-0.3, -0.25) is 4.79 Å². The van der Waals surface area contributed by atoms with Crippen molar-refractivity contribution in [1.82, 2.24) is 9.78 Å². The smallest absolute Gasteiger partial charge is 0.267 e. The Kier molecular flexibility index (Phi) is 3.61. The summed E-state index contributed by atoms with van der Waals surface area (Å²) in [6, 6.07) is 7.52. The van der Waals surface area contributed by atoms with Crippen molar-refractivity contribution in [3.8, 4) is 0 Å². The van der Waals surface area contributed by atoms with Crippen LogP contribution in [0.15, 0.2) is 29.1 Å². The Morgan fingerprint density at radius 1 is 1.13 bits per heavy atom. The molecular formula is C12H16N2O. The van der Waals surface area contributed by atoms with Crippen LogP contribution in [0, 0.1) is 6.92 Å². The van der Waals surface area contributed by atoms with Gasteiger partial charge in [0.15, 0.2) is 0 Å². The van der Waals surface area contributed by atoms with E-state index in [0.717, 1.165) is 16.5 Å². The lowest BCUT2D eigenvalue weighted by Gasteiger charge is -2.02. The maximum Gasteiger partial charge on any atom is 0.274 e. The van der Waals surface area contributed by atoms with Crippen LogP contribution in [0.5, 0.6) is 0 Å². The fraction of sp³-hybridized carbons (Fsp3) is 0.333. The zero-order chi connectivity index (χ0) is 11.4. The number of nitrogens with zero attached hydrogens (tertiary/aromatic N) is 2. The molecule has 0 spiro atoms. The van der Waals surface area contributed by atoms with E-state index in [4.69, 9.17) is 0 Å². The number of rotatable bonds is 0. The summed E-state index contributed by atoms with van der Waals surface area (Å²) in [6.45, 7) is 5.90. The number of fused-ring (bicyclic) bond motifs is 1. The van der Waals surface area contributed by atoms with Gasteiger partial charge in [-0.25, -0.2) is 4.68 Å². The zero-order valence-electron chi connectivity index (χ0n) is 9.61. The van der Waals surface area contributed by atoms with Gasteiger partial charge in [0.05, 0.1) is 11.1 Å². The Labute approximate surface area is 89.4 Å². The number of hydrogen-bond donors (Lipinski definition) is 0. The third-order valence-electron chi connectivity index (χ3n) is 2.14. The minimum atomic E-state index is -0.0406. The Morgan fingerprint density at radius 3 is 2.27 bits per heavy atom. The highest BCUT2D eigenvalue weighted by molar-refractivity contribution is 5.83. The minimum absolute atomic E-state index is 0.0406. The minimum Gasteiger partial charge on any atom is -0.267 e. The Bertz CT molecular complexity index is 515. The van der Waals surface area contributed by atoms with E-state index in [1.54, 1.807) is 7.05 Å². The van der Waals surface area contributed by atoms with Crippen LogP contribution >= 0.6 is 0 Å². The Balaban J connectivity index is 0.000000531. The Hall–Kier alpha value is -1.64. The van der Waals surface area contributed by atoms with Gasteiger partial charge in [0.1, 0.15) is 0 Å². The summed E-state index contributed by atoms with van der Waals surface area (Å²) >= 11 is 0. The van der Waals surface area contributed by atoms with Gasteiger partial charge in [-0.2, -0.15) is 5.10 Å². The summed E-state index contributed by atoms with van der Waals surface area (Å²) in [5.41, 5.74) is 0.846. The molecule has 0 aliphatic carbocycles. The molecule has 0 atom stereocenters. The standard InChI is InChI=1S/C10H10N2O.C2H6/c1-7-8-5-3-4-6-9(8)10(13)12(2)11-7;1-2/h3-6H,1-2H3;1-2H3. The predicted octanol–water partition coefficient (Wildman–Crippen LogP) is 2.27. The van der Waals surface area contributed by atoms with Crippen molar-refractivity contribution in [1.29, 1.82) is 0 Å². The average Bonchev–Trinajstić information content (AvgIpc) is 2.29. The van der Waals surface area contributed by atoms with Crippen LogP contribution in [0.1, 0.15) is 19.5 Å². The predicted molar refractivity (Wildman–Crippen MR) is 63.1 cm³/mol. The van der Waals surface area contributed by atoms with E-state index in [1.807, 2.05) is 45.0 Å². The zero-order valence-corrected chi connectivity index (χ0v) is 9.61. The SMILES string of the molecule is CC.Cc1nn(C)c(=O)c2ccccc12. The molecule has 0 unspecified atom stereocenters. The normalized spacial score (nSPS) is 9.60. The van der Waals surface area contributed by atoms with Crippen LogP contribution in [-0.4, -0.2) is 9.78 Å². The third kappa shape index (κ3) is 2.06. The molecule has 1 heterocycles. The molecule has 0 amide bonds. The molecule has 80 valence electrons. The summed E-state index contributed by atoms with van der Waals surface area (Å²) in [4.78, 5) is 11.6. The van der Waals surface area contributed by atoms with Crippen LogP contribution in [0.25, 0.3) is 10.8 Å². The van der Waals surface area contributed by atoms with E-state index in [1.165, 1.54) is 4.68 Å². The summed E-state index contributed by atoms with van der Waals surface area (Å²) in [7, 11) is 1.67. The van der Waals surface area contributed by atoms with Gasteiger partial charge in [-0.1, -0.05) is 32.0 Å². The van der Waals surface area contributed by atoms with Crippen LogP contribution in [0.3, 0.4) is 0 Å². The number of aromatic nitrogens is 2. The molecule has 2 rings (SSSR count). The quantitative estimate of drug-likeness (QED) is 0.659. The van der Waals surface area contributed by atoms with Gasteiger partial charge < -0.3 is 0 Å². The lowest BCUT2D eigenvalue weighted by atomic mass is 10.1. The lowest BCUT2D eigenvalue weighted by Crippen LogP contribution is -2.20. The second-order valence-corrected chi connectivity index (χ2v) is 3.06. The van der Waals surface area contributed by atoms with Crippen molar-refractivity contribution in [2.45, 2.75) is 20.8 Å². The first-order valence-corrected chi connectivity index (χ1v) is 5.13. The molecule has 3 nitrogen and oxygen atoms in total. The maximum atomic E-state index is 11.6. The summed E-state index contributed by atoms with van der Waals surface area (Å²) in [5, 5.41) is 5.78. The fourth-order valence-corrected chi connectivity index (χ4v) is 1.48. The van der Waals surface area contributed by atoms with Gasteiger partial charge >= 0.3 is 0 Å². The van der Waals surface area contributed by atoms with E-state index in [0.29, 0.717) is 0 Å². The third-order valence-corrected chi connectivity index (χ3v) is 2.14. The molecule has 0 N–H and O–H groups in total. The molecule has 0 aliphatic rings. The van der Waals surface area contributed by atoms with Gasteiger partial charge in [-0.05, 0) is 13.0 Å². The van der Waals surface area contributed by atoms with Crippen LogP contribution in [-0.2, 0) is 7.05 Å². The molecule has 0 aliphatic heterocycles. The lowest BCUT2D eigenvalue weighted by molar-refractivity contribution is 0.705. The van der Waals surface area contributed by atoms with E-state index in [9.17, 15) is 4.79 Å². The first-order chi connectivity index (χ1) is 7.20. The topological polar surface area (TPSA) is 34.9 Å². The summed E-state index contributed by atoms with van der Waals surface area (Å²) in [6.07, 6.45) is 0. The first-order valence-electron chi connectivity index (χ1n) is 5.13. The second-order valence-electron chi connectivity index (χ2n) is 3.06.